The summed E-state index contributed by atoms with van der Waals surface area (Å²) in [6.45, 7) is 16.2. The summed E-state index contributed by atoms with van der Waals surface area (Å²) in [7, 11) is 0. The number of nitrogens with one attached hydrogen (secondary N) is 1. The first-order valence-electron chi connectivity index (χ1n) is 8.31. The highest BCUT2D eigenvalue weighted by atomic mass is 16.2. The van der Waals surface area contributed by atoms with Crippen LogP contribution in [-0.4, -0.2) is 60.5 Å². The molecule has 0 bridgehead atoms. The highest BCUT2D eigenvalue weighted by Crippen LogP contribution is 2.18. The molecule has 1 heterocycles. The first-order chi connectivity index (χ1) is 10.2. The van der Waals surface area contributed by atoms with E-state index in [0.29, 0.717) is 18.5 Å². The van der Waals surface area contributed by atoms with E-state index in [-0.39, 0.29) is 17.4 Å². The van der Waals surface area contributed by atoms with E-state index in [9.17, 15) is 10.1 Å². The third-order valence-corrected chi connectivity index (χ3v) is 4.68. The molecular formula is C17H32N4O. The van der Waals surface area contributed by atoms with Crippen molar-refractivity contribution in [3.05, 3.63) is 0 Å². The van der Waals surface area contributed by atoms with Crippen molar-refractivity contribution >= 4 is 5.91 Å². The number of hydrogen-bond acceptors (Lipinski definition) is 4. The molecular weight excluding hydrogens is 276 g/mol. The molecule has 0 aromatic heterocycles. The van der Waals surface area contributed by atoms with Crippen molar-refractivity contribution in [3.8, 4) is 6.07 Å². The number of amides is 1. The lowest BCUT2D eigenvalue weighted by Crippen LogP contribution is -2.54. The molecule has 1 amide bonds. The Hall–Kier alpha value is -1.12. The molecule has 126 valence electrons. The summed E-state index contributed by atoms with van der Waals surface area (Å²) in [6, 6.07) is 2.63. The second-order valence-corrected chi connectivity index (χ2v) is 7.70. The second-order valence-electron chi connectivity index (χ2n) is 7.70. The van der Waals surface area contributed by atoms with Crippen LogP contribution in [0, 0.1) is 22.7 Å². The Labute approximate surface area is 135 Å². The molecule has 2 unspecified atom stereocenters. The average Bonchev–Trinajstić information content (AvgIpc) is 2.44. The van der Waals surface area contributed by atoms with Crippen molar-refractivity contribution in [2.24, 2.45) is 11.3 Å². The van der Waals surface area contributed by atoms with Gasteiger partial charge in [0.05, 0.1) is 12.6 Å². The van der Waals surface area contributed by atoms with E-state index >= 15 is 0 Å². The fourth-order valence-corrected chi connectivity index (χ4v) is 2.56. The van der Waals surface area contributed by atoms with E-state index in [1.165, 1.54) is 0 Å². The molecule has 2 atom stereocenters. The maximum atomic E-state index is 12.3. The van der Waals surface area contributed by atoms with Gasteiger partial charge in [-0.05, 0) is 18.3 Å². The topological polar surface area (TPSA) is 59.4 Å². The Morgan fingerprint density at radius 3 is 2.14 bits per heavy atom. The van der Waals surface area contributed by atoms with Gasteiger partial charge < -0.3 is 10.2 Å². The Morgan fingerprint density at radius 2 is 1.73 bits per heavy atom. The van der Waals surface area contributed by atoms with Crippen molar-refractivity contribution in [2.45, 2.75) is 53.6 Å². The van der Waals surface area contributed by atoms with Crippen LogP contribution in [0.1, 0.15) is 41.5 Å². The molecule has 0 saturated carbocycles. The van der Waals surface area contributed by atoms with Crippen LogP contribution in [0.2, 0.25) is 0 Å². The highest BCUT2D eigenvalue weighted by molar-refractivity contribution is 5.78. The number of nitriles is 1. The van der Waals surface area contributed by atoms with Crippen LogP contribution in [0.25, 0.3) is 0 Å². The smallest absolute Gasteiger partial charge is 0.236 e. The van der Waals surface area contributed by atoms with Gasteiger partial charge in [-0.25, -0.2) is 0 Å². The van der Waals surface area contributed by atoms with Crippen LogP contribution in [0.15, 0.2) is 0 Å². The van der Waals surface area contributed by atoms with Gasteiger partial charge in [0.1, 0.15) is 6.04 Å². The van der Waals surface area contributed by atoms with Gasteiger partial charge in [0.15, 0.2) is 0 Å². The third-order valence-electron chi connectivity index (χ3n) is 4.68. The van der Waals surface area contributed by atoms with Gasteiger partial charge in [-0.2, -0.15) is 5.26 Å². The second kappa shape index (κ2) is 7.94. The lowest BCUT2D eigenvalue weighted by molar-refractivity contribution is -0.132. The Balaban J connectivity index is 2.42. The molecule has 1 aliphatic rings. The maximum Gasteiger partial charge on any atom is 0.236 e. The van der Waals surface area contributed by atoms with E-state index in [0.717, 1.165) is 26.2 Å². The van der Waals surface area contributed by atoms with E-state index in [2.05, 4.69) is 57.8 Å². The fraction of sp³-hybridized carbons (Fsp3) is 0.882. The predicted molar refractivity (Wildman–Crippen MR) is 89.3 cm³/mol. The monoisotopic (exact) mass is 308 g/mol. The van der Waals surface area contributed by atoms with Crippen LogP contribution in [0.4, 0.5) is 0 Å². The van der Waals surface area contributed by atoms with Gasteiger partial charge >= 0.3 is 0 Å². The van der Waals surface area contributed by atoms with Gasteiger partial charge in [-0.15, -0.1) is 0 Å². The average molecular weight is 308 g/mol. The van der Waals surface area contributed by atoms with Crippen LogP contribution in [-0.2, 0) is 4.79 Å². The van der Waals surface area contributed by atoms with Crippen LogP contribution >= 0.6 is 0 Å². The Morgan fingerprint density at radius 1 is 1.18 bits per heavy atom. The summed E-state index contributed by atoms with van der Waals surface area (Å²) in [5, 5.41) is 12.6. The summed E-state index contributed by atoms with van der Waals surface area (Å²) in [5.74, 6) is 0.482. The minimum absolute atomic E-state index is 0.0451. The number of hydrogen-bond donors (Lipinski definition) is 1. The molecule has 5 heteroatoms. The number of piperazine rings is 1. The van der Waals surface area contributed by atoms with Crippen molar-refractivity contribution in [1.29, 1.82) is 5.26 Å². The molecule has 1 saturated heterocycles. The lowest BCUT2D eigenvalue weighted by Gasteiger charge is -2.38. The molecule has 1 aliphatic heterocycles. The summed E-state index contributed by atoms with van der Waals surface area (Å²) >= 11 is 0. The first kappa shape index (κ1) is 18.9. The van der Waals surface area contributed by atoms with Gasteiger partial charge in [0.25, 0.3) is 0 Å². The van der Waals surface area contributed by atoms with Gasteiger partial charge in [-0.1, -0.05) is 34.6 Å². The maximum absolute atomic E-state index is 12.3. The standard InChI is InChI=1S/C17H32N4O/c1-13(2)15(11-18)20-7-9-21(10-8-20)16(22)12-19-14(3)17(4,5)6/h13-15,19H,7-10,12H2,1-6H3. The number of carbonyl (C=O) groups is 1. The summed E-state index contributed by atoms with van der Waals surface area (Å²) in [6.07, 6.45) is 0. The molecule has 0 aromatic carbocycles. The SMILES string of the molecule is CC(C)C(C#N)N1CCN(C(=O)CNC(C)C(C)(C)C)CC1. The van der Waals surface area contributed by atoms with Gasteiger partial charge in [-0.3, -0.25) is 9.69 Å². The minimum atomic E-state index is -0.0451. The van der Waals surface area contributed by atoms with Crippen LogP contribution < -0.4 is 5.32 Å². The van der Waals surface area contributed by atoms with E-state index < -0.39 is 0 Å². The third kappa shape index (κ3) is 5.26. The Kier molecular flexibility index (Phi) is 6.83. The van der Waals surface area contributed by atoms with Gasteiger partial charge in [0, 0.05) is 32.2 Å². The van der Waals surface area contributed by atoms with Crippen molar-refractivity contribution in [1.82, 2.24) is 15.1 Å². The number of nitrogens with zero attached hydrogens (tertiary/aromatic N) is 3. The molecule has 0 aliphatic carbocycles. The zero-order chi connectivity index (χ0) is 16.9. The molecule has 0 spiro atoms. The highest BCUT2D eigenvalue weighted by Gasteiger charge is 2.28. The molecule has 0 aromatic rings. The largest absolute Gasteiger partial charge is 0.339 e. The van der Waals surface area contributed by atoms with Gasteiger partial charge in [0.2, 0.25) is 5.91 Å². The summed E-state index contributed by atoms with van der Waals surface area (Å²) in [5.41, 5.74) is 0.149. The zero-order valence-electron chi connectivity index (χ0n) is 15.0. The number of carbonyl (C=O) groups excluding carboxylic acids is 1. The zero-order valence-corrected chi connectivity index (χ0v) is 15.0. The first-order valence-corrected chi connectivity index (χ1v) is 8.31. The predicted octanol–water partition coefficient (Wildman–Crippen LogP) is 1.70. The molecule has 1 fully saturated rings. The quantitative estimate of drug-likeness (QED) is 0.840. The molecule has 1 N–H and O–H groups in total. The normalized spacial score (nSPS) is 19.8. The van der Waals surface area contributed by atoms with Crippen molar-refractivity contribution in [3.63, 3.8) is 0 Å². The molecule has 1 rings (SSSR count). The van der Waals surface area contributed by atoms with Crippen LogP contribution in [0.3, 0.4) is 0 Å². The van der Waals surface area contributed by atoms with E-state index in [4.69, 9.17) is 0 Å². The number of rotatable bonds is 5. The minimum Gasteiger partial charge on any atom is -0.339 e. The lowest BCUT2D eigenvalue weighted by atomic mass is 9.88. The van der Waals surface area contributed by atoms with Crippen molar-refractivity contribution < 1.29 is 4.79 Å². The molecule has 5 nitrogen and oxygen atoms in total. The molecule has 22 heavy (non-hydrogen) atoms. The summed E-state index contributed by atoms with van der Waals surface area (Å²) in [4.78, 5) is 16.4. The molecule has 0 radical (unpaired) electrons. The van der Waals surface area contributed by atoms with Crippen LogP contribution in [0.5, 0.6) is 0 Å². The fourth-order valence-electron chi connectivity index (χ4n) is 2.56. The Bertz CT molecular complexity index is 400. The van der Waals surface area contributed by atoms with E-state index in [1.54, 1.807) is 0 Å². The summed E-state index contributed by atoms with van der Waals surface area (Å²) < 4.78 is 0. The van der Waals surface area contributed by atoms with E-state index in [1.807, 2.05) is 4.90 Å². The van der Waals surface area contributed by atoms with Crippen molar-refractivity contribution in [2.75, 3.05) is 32.7 Å².